The smallest absolute Gasteiger partial charge is 0.256 e. The van der Waals surface area contributed by atoms with Gasteiger partial charge in [-0.2, -0.15) is 0 Å². The topological polar surface area (TPSA) is 79.0 Å². The monoisotopic (exact) mass is 379 g/mol. The first-order valence-corrected chi connectivity index (χ1v) is 9.24. The lowest BCUT2D eigenvalue weighted by atomic mass is 10.1. The number of amides is 3. The Morgan fingerprint density at radius 1 is 1.18 bits per heavy atom. The van der Waals surface area contributed by atoms with Gasteiger partial charge in [0.05, 0.1) is 18.4 Å². The molecule has 0 bridgehead atoms. The van der Waals surface area contributed by atoms with E-state index in [0.29, 0.717) is 35.7 Å². The number of para-hydroxylation sites is 1. The van der Waals surface area contributed by atoms with E-state index < -0.39 is 6.04 Å². The number of fused-ring (bicyclic) bond motifs is 2. The molecule has 2 aromatic carbocycles. The maximum atomic E-state index is 13.2. The summed E-state index contributed by atoms with van der Waals surface area (Å²) in [7, 11) is 1.55. The van der Waals surface area contributed by atoms with Crippen molar-refractivity contribution in [3.05, 3.63) is 54.1 Å². The Balaban J connectivity index is 1.61. The van der Waals surface area contributed by atoms with Gasteiger partial charge in [-0.1, -0.05) is 18.2 Å². The van der Waals surface area contributed by atoms with E-state index in [1.807, 2.05) is 0 Å². The van der Waals surface area contributed by atoms with Gasteiger partial charge in [-0.05, 0) is 37.1 Å². The molecule has 1 N–H and O–H groups in total. The lowest BCUT2D eigenvalue weighted by Crippen LogP contribution is -2.47. The first kappa shape index (κ1) is 18.0. The second kappa shape index (κ2) is 7.34. The van der Waals surface area contributed by atoms with E-state index >= 15 is 0 Å². The summed E-state index contributed by atoms with van der Waals surface area (Å²) in [4.78, 5) is 41.8. The fourth-order valence-corrected chi connectivity index (χ4v) is 3.82. The average molecular weight is 379 g/mol. The minimum absolute atomic E-state index is 0.151. The molecule has 1 saturated heterocycles. The zero-order valence-electron chi connectivity index (χ0n) is 15.6. The van der Waals surface area contributed by atoms with Crippen LogP contribution in [-0.2, 0) is 9.59 Å². The van der Waals surface area contributed by atoms with Gasteiger partial charge in [0.1, 0.15) is 18.3 Å². The largest absolute Gasteiger partial charge is 0.497 e. The van der Waals surface area contributed by atoms with E-state index in [2.05, 4.69) is 5.32 Å². The molecule has 28 heavy (non-hydrogen) atoms. The normalized spacial score (nSPS) is 18.4. The second-order valence-electron chi connectivity index (χ2n) is 6.88. The van der Waals surface area contributed by atoms with Gasteiger partial charge >= 0.3 is 0 Å². The van der Waals surface area contributed by atoms with Gasteiger partial charge in [-0.15, -0.1) is 0 Å². The van der Waals surface area contributed by atoms with Crippen LogP contribution in [0.25, 0.3) is 0 Å². The molecule has 2 aliphatic rings. The summed E-state index contributed by atoms with van der Waals surface area (Å²) in [5.41, 5.74) is 1.51. The van der Waals surface area contributed by atoms with Crippen LogP contribution in [0, 0.1) is 0 Å². The molecular formula is C21H21N3O4. The molecule has 1 fully saturated rings. The van der Waals surface area contributed by atoms with Crippen LogP contribution < -0.4 is 15.0 Å². The summed E-state index contributed by atoms with van der Waals surface area (Å²) in [6.07, 6.45) is 1.40. The predicted octanol–water partition coefficient (Wildman–Crippen LogP) is 2.29. The van der Waals surface area contributed by atoms with Crippen molar-refractivity contribution in [3.63, 3.8) is 0 Å². The molecule has 0 radical (unpaired) electrons. The van der Waals surface area contributed by atoms with Crippen LogP contribution in [0.15, 0.2) is 48.5 Å². The van der Waals surface area contributed by atoms with Crippen LogP contribution in [0.2, 0.25) is 0 Å². The van der Waals surface area contributed by atoms with Crippen LogP contribution >= 0.6 is 0 Å². The third-order valence-corrected chi connectivity index (χ3v) is 5.15. The second-order valence-corrected chi connectivity index (χ2v) is 6.88. The quantitative estimate of drug-likeness (QED) is 0.884. The standard InChI is InChI=1S/C21H21N3O4/c1-28-15-7-4-6-14(12-15)22-19(25)13-24-17-9-3-2-8-16(17)20(26)23-11-5-10-18(23)21(24)27/h2-4,6-9,12,18H,5,10-11,13H2,1H3,(H,22,25)/t18-/m0/s1. The molecule has 1 atom stereocenters. The number of rotatable bonds is 4. The Kier molecular flexibility index (Phi) is 4.73. The van der Waals surface area contributed by atoms with E-state index in [9.17, 15) is 14.4 Å². The SMILES string of the molecule is COc1cccc(NC(=O)CN2C(=O)[C@@H]3CCCN3C(=O)c3ccccc32)c1. The van der Waals surface area contributed by atoms with Crippen molar-refractivity contribution in [2.45, 2.75) is 18.9 Å². The maximum absolute atomic E-state index is 13.2. The highest BCUT2D eigenvalue weighted by Gasteiger charge is 2.42. The number of hydrogen-bond acceptors (Lipinski definition) is 4. The van der Waals surface area contributed by atoms with Gasteiger partial charge < -0.3 is 19.9 Å². The molecule has 2 heterocycles. The number of nitrogens with one attached hydrogen (secondary N) is 1. The fraction of sp³-hybridized carbons (Fsp3) is 0.286. The molecule has 2 aromatic rings. The predicted molar refractivity (Wildman–Crippen MR) is 104 cm³/mol. The zero-order chi connectivity index (χ0) is 19.7. The van der Waals surface area contributed by atoms with Gasteiger partial charge in [-0.3, -0.25) is 14.4 Å². The zero-order valence-corrected chi connectivity index (χ0v) is 15.6. The Bertz CT molecular complexity index is 943. The number of carbonyl (C=O) groups excluding carboxylic acids is 3. The number of hydrogen-bond donors (Lipinski definition) is 1. The summed E-state index contributed by atoms with van der Waals surface area (Å²) in [6, 6.07) is 13.5. The van der Waals surface area contributed by atoms with Gasteiger partial charge in [0.15, 0.2) is 0 Å². The molecule has 3 amide bonds. The molecule has 0 aliphatic carbocycles. The third-order valence-electron chi connectivity index (χ3n) is 5.15. The molecule has 0 aromatic heterocycles. The van der Waals surface area contributed by atoms with Gasteiger partial charge in [0, 0.05) is 18.3 Å². The Labute approximate surface area is 162 Å². The molecule has 4 rings (SSSR count). The maximum Gasteiger partial charge on any atom is 0.256 e. The summed E-state index contributed by atoms with van der Waals surface area (Å²) in [5, 5.41) is 2.80. The van der Waals surface area contributed by atoms with Crippen molar-refractivity contribution in [1.82, 2.24) is 4.90 Å². The highest BCUT2D eigenvalue weighted by molar-refractivity contribution is 6.13. The van der Waals surface area contributed by atoms with Crippen LogP contribution in [0.4, 0.5) is 11.4 Å². The number of nitrogens with zero attached hydrogens (tertiary/aromatic N) is 2. The van der Waals surface area contributed by atoms with E-state index in [4.69, 9.17) is 4.74 Å². The van der Waals surface area contributed by atoms with Crippen molar-refractivity contribution in [3.8, 4) is 5.75 Å². The molecule has 0 unspecified atom stereocenters. The first-order valence-electron chi connectivity index (χ1n) is 9.24. The van der Waals surface area contributed by atoms with E-state index in [0.717, 1.165) is 6.42 Å². The summed E-state index contributed by atoms with van der Waals surface area (Å²) >= 11 is 0. The van der Waals surface area contributed by atoms with Crippen LogP contribution in [-0.4, -0.2) is 48.9 Å². The minimum Gasteiger partial charge on any atom is -0.497 e. The number of carbonyl (C=O) groups is 3. The Morgan fingerprint density at radius 3 is 2.82 bits per heavy atom. The van der Waals surface area contributed by atoms with Gasteiger partial charge in [0.2, 0.25) is 11.8 Å². The molecule has 0 spiro atoms. The van der Waals surface area contributed by atoms with Crippen LogP contribution in [0.3, 0.4) is 0 Å². The fourth-order valence-electron chi connectivity index (χ4n) is 3.82. The summed E-state index contributed by atoms with van der Waals surface area (Å²) < 4.78 is 5.17. The van der Waals surface area contributed by atoms with E-state index in [1.54, 1.807) is 60.5 Å². The number of methoxy groups -OCH3 is 1. The summed E-state index contributed by atoms with van der Waals surface area (Å²) in [6.45, 7) is 0.401. The molecule has 144 valence electrons. The summed E-state index contributed by atoms with van der Waals surface area (Å²) in [5.74, 6) is -0.0739. The highest BCUT2D eigenvalue weighted by atomic mass is 16.5. The molecule has 2 aliphatic heterocycles. The highest BCUT2D eigenvalue weighted by Crippen LogP contribution is 2.32. The molecule has 7 nitrogen and oxygen atoms in total. The van der Waals surface area contributed by atoms with E-state index in [-0.39, 0.29) is 24.3 Å². The number of ether oxygens (including phenoxy) is 1. The van der Waals surface area contributed by atoms with Crippen LogP contribution in [0.5, 0.6) is 5.75 Å². The van der Waals surface area contributed by atoms with Gasteiger partial charge in [0.25, 0.3) is 5.91 Å². The van der Waals surface area contributed by atoms with Crippen molar-refractivity contribution < 1.29 is 19.1 Å². The third kappa shape index (κ3) is 3.19. The lowest BCUT2D eigenvalue weighted by Gasteiger charge is -2.25. The minimum atomic E-state index is -0.510. The number of benzene rings is 2. The van der Waals surface area contributed by atoms with Crippen LogP contribution in [0.1, 0.15) is 23.2 Å². The molecule has 7 heteroatoms. The van der Waals surface area contributed by atoms with Gasteiger partial charge in [-0.25, -0.2) is 0 Å². The van der Waals surface area contributed by atoms with E-state index in [1.165, 1.54) is 4.90 Å². The average Bonchev–Trinajstić information content (AvgIpc) is 3.18. The first-order chi connectivity index (χ1) is 13.6. The molecular weight excluding hydrogens is 358 g/mol. The Hall–Kier alpha value is -3.35. The van der Waals surface area contributed by atoms with Crippen molar-refractivity contribution in [2.24, 2.45) is 0 Å². The number of anilines is 2. The van der Waals surface area contributed by atoms with Crippen molar-refractivity contribution in [1.29, 1.82) is 0 Å². The molecule has 0 saturated carbocycles. The Morgan fingerprint density at radius 2 is 2.00 bits per heavy atom. The van der Waals surface area contributed by atoms with Crippen molar-refractivity contribution >= 4 is 29.1 Å². The van der Waals surface area contributed by atoms with Crippen molar-refractivity contribution in [2.75, 3.05) is 30.4 Å². The lowest BCUT2D eigenvalue weighted by molar-refractivity contribution is -0.124.